The fraction of sp³-hybridized carbons (Fsp3) is 0.381. The third-order valence-corrected chi connectivity index (χ3v) is 4.22. The van der Waals surface area contributed by atoms with Gasteiger partial charge in [-0.15, -0.1) is 0 Å². The average Bonchev–Trinajstić information content (AvgIpc) is 3.12. The topological polar surface area (TPSA) is 247 Å². The van der Waals surface area contributed by atoms with Gasteiger partial charge in [-0.3, -0.25) is 4.79 Å². The molecule has 0 saturated heterocycles. The van der Waals surface area contributed by atoms with E-state index in [1.807, 2.05) is 0 Å². The molecule has 8 N–H and O–H groups in total. The maximum absolute atomic E-state index is 11.5. The van der Waals surface area contributed by atoms with Gasteiger partial charge in [0.1, 0.15) is 5.78 Å². The van der Waals surface area contributed by atoms with E-state index in [2.05, 4.69) is 26.3 Å². The molecule has 0 atom stereocenters. The number of hydrogen-bond acceptors (Lipinski definition) is 9. The van der Waals surface area contributed by atoms with Gasteiger partial charge in [0.2, 0.25) is 0 Å². The molecule has 1 rings (SSSR count). The van der Waals surface area contributed by atoms with Crippen molar-refractivity contribution in [2.45, 2.75) is 12.8 Å². The van der Waals surface area contributed by atoms with Crippen molar-refractivity contribution < 1.29 is 64.8 Å². The van der Waals surface area contributed by atoms with Gasteiger partial charge in [0, 0.05) is 36.1 Å². The molecule has 0 aromatic rings. The Morgan fingerprint density at radius 1 is 0.647 bits per heavy atom. The van der Waals surface area contributed by atoms with Gasteiger partial charge < -0.3 is 40.9 Å². The van der Waals surface area contributed by atoms with Crippen LogP contribution in [-0.4, -0.2) is 96.9 Å². The number of hydrogen-bond donors (Lipinski definition) is 8. The number of aliphatic carboxylic acids is 4. The highest BCUT2D eigenvalue weighted by Gasteiger charge is 2.59. The van der Waals surface area contributed by atoms with E-state index >= 15 is 0 Å². The Morgan fingerprint density at radius 3 is 1.00 bits per heavy atom. The maximum Gasteiger partial charge on any atom is 0.327 e. The molecule has 34 heavy (non-hydrogen) atoms. The molecule has 0 aliphatic heterocycles. The molecule has 0 bridgehead atoms. The molecule has 1 aliphatic carbocycles. The van der Waals surface area contributed by atoms with Crippen LogP contribution in [-0.2, 0) is 24.0 Å². The van der Waals surface area contributed by atoms with Crippen LogP contribution >= 0.6 is 0 Å². The molecule has 1 aliphatic rings. The molecule has 194 valence electrons. The van der Waals surface area contributed by atoms with E-state index < -0.39 is 61.1 Å². The zero-order chi connectivity index (χ0) is 28.0. The molecular formula is C21H32O13. The number of carbonyl (C=O) groups is 5. The molecule has 13 heteroatoms. The highest BCUT2D eigenvalue weighted by molar-refractivity contribution is 5.88. The van der Waals surface area contributed by atoms with E-state index in [1.165, 1.54) is 0 Å². The lowest BCUT2D eigenvalue weighted by atomic mass is 9.67. The Labute approximate surface area is 195 Å². The van der Waals surface area contributed by atoms with Gasteiger partial charge in [0.05, 0.1) is 31.8 Å². The number of ketones is 1. The van der Waals surface area contributed by atoms with Crippen molar-refractivity contribution in [3.8, 4) is 0 Å². The highest BCUT2D eigenvalue weighted by Crippen LogP contribution is 2.49. The molecule has 0 amide bonds. The largest absolute Gasteiger partial charge is 0.478 e. The fourth-order valence-corrected chi connectivity index (χ4v) is 2.20. The molecule has 0 spiro atoms. The van der Waals surface area contributed by atoms with Crippen LogP contribution in [0.2, 0.25) is 0 Å². The van der Waals surface area contributed by atoms with Crippen molar-refractivity contribution >= 4 is 29.7 Å². The minimum absolute atomic E-state index is 0.183. The first-order chi connectivity index (χ1) is 15.7. The zero-order valence-corrected chi connectivity index (χ0v) is 18.5. The molecule has 0 unspecified atom stereocenters. The van der Waals surface area contributed by atoms with Crippen LogP contribution < -0.4 is 0 Å². The van der Waals surface area contributed by atoms with Gasteiger partial charge in [-0.1, -0.05) is 26.3 Å². The quantitative estimate of drug-likeness (QED) is 0.196. The van der Waals surface area contributed by atoms with Crippen LogP contribution in [0.4, 0.5) is 0 Å². The molecular weight excluding hydrogens is 460 g/mol. The first-order valence-corrected chi connectivity index (χ1v) is 9.09. The van der Waals surface area contributed by atoms with Crippen LogP contribution in [0.1, 0.15) is 12.8 Å². The van der Waals surface area contributed by atoms with E-state index in [0.717, 1.165) is 24.3 Å². The Bertz CT molecular complexity index is 629. The predicted octanol–water partition coefficient (Wildman–Crippen LogP) is -0.681. The Kier molecular flexibility index (Phi) is 23.5. The molecule has 0 aromatic carbocycles. The van der Waals surface area contributed by atoms with E-state index in [0.29, 0.717) is 6.42 Å². The van der Waals surface area contributed by atoms with Gasteiger partial charge in [-0.2, -0.15) is 0 Å². The van der Waals surface area contributed by atoms with Crippen molar-refractivity contribution in [3.63, 3.8) is 0 Å². The number of Topliss-reactive ketones (excluding diaryl/α,β-unsaturated/α-hetero) is 1. The summed E-state index contributed by atoms with van der Waals surface area (Å²) in [7, 11) is 0. The Morgan fingerprint density at radius 2 is 0.882 bits per heavy atom. The number of carboxylic acids is 4. The average molecular weight is 492 g/mol. The lowest BCUT2D eigenvalue weighted by Gasteiger charge is -2.39. The summed E-state index contributed by atoms with van der Waals surface area (Å²) in [6, 6.07) is 0. The second-order valence-corrected chi connectivity index (χ2v) is 6.09. The van der Waals surface area contributed by atoms with Crippen LogP contribution in [0.15, 0.2) is 50.6 Å². The number of carboxylic acid groups (broad SMARTS) is 4. The van der Waals surface area contributed by atoms with E-state index in [9.17, 15) is 44.4 Å². The van der Waals surface area contributed by atoms with Gasteiger partial charge >= 0.3 is 23.9 Å². The summed E-state index contributed by atoms with van der Waals surface area (Å²) in [5.74, 6) is -4.21. The van der Waals surface area contributed by atoms with Crippen molar-refractivity contribution in [1.29, 1.82) is 0 Å². The SMILES string of the molecule is C=CC(=O)O.C=CC(=O)O.C=CC(=O)O.C=CC(=O)O.O=C1CCC(CO)(CO)C1(CO)CO. The van der Waals surface area contributed by atoms with Crippen LogP contribution in [0, 0.1) is 10.8 Å². The lowest BCUT2D eigenvalue weighted by Crippen LogP contribution is -2.51. The lowest BCUT2D eigenvalue weighted by molar-refractivity contribution is -0.145. The van der Waals surface area contributed by atoms with Crippen molar-refractivity contribution in [2.75, 3.05) is 26.4 Å². The van der Waals surface area contributed by atoms with Crippen molar-refractivity contribution in [2.24, 2.45) is 10.8 Å². The third kappa shape index (κ3) is 15.2. The standard InChI is InChI=1S/C9H16O5.4C3H4O2/c10-3-8(4-11)2-1-7(14)9(8,5-12)6-13;4*1-2-3(4)5/h10-13H,1-6H2;4*2H,1H2,(H,4,5). The van der Waals surface area contributed by atoms with Crippen LogP contribution in [0.25, 0.3) is 0 Å². The second-order valence-electron chi connectivity index (χ2n) is 6.09. The van der Waals surface area contributed by atoms with Gasteiger partial charge in [0.25, 0.3) is 0 Å². The smallest absolute Gasteiger partial charge is 0.327 e. The number of rotatable bonds is 8. The molecule has 1 fully saturated rings. The summed E-state index contributed by atoms with van der Waals surface area (Å²) in [5, 5.41) is 67.2. The summed E-state index contributed by atoms with van der Waals surface area (Å²) in [5.41, 5.74) is -2.45. The summed E-state index contributed by atoms with van der Waals surface area (Å²) >= 11 is 0. The predicted molar refractivity (Wildman–Crippen MR) is 119 cm³/mol. The van der Waals surface area contributed by atoms with Gasteiger partial charge in [-0.05, 0) is 6.42 Å². The summed E-state index contributed by atoms with van der Waals surface area (Å²) in [4.78, 5) is 48.5. The highest BCUT2D eigenvalue weighted by atomic mass is 16.4. The molecule has 0 heterocycles. The first kappa shape index (κ1) is 37.7. The molecule has 0 radical (unpaired) electrons. The monoisotopic (exact) mass is 492 g/mol. The minimum atomic E-state index is -1.38. The van der Waals surface area contributed by atoms with Gasteiger partial charge in [0.15, 0.2) is 0 Å². The summed E-state index contributed by atoms with van der Waals surface area (Å²) in [6.45, 7) is 9.95. The van der Waals surface area contributed by atoms with E-state index in [-0.39, 0.29) is 12.2 Å². The number of carbonyl (C=O) groups excluding carboxylic acids is 1. The van der Waals surface area contributed by atoms with E-state index in [1.54, 1.807) is 0 Å². The van der Waals surface area contributed by atoms with Crippen molar-refractivity contribution in [3.05, 3.63) is 50.6 Å². The second kappa shape index (κ2) is 21.2. The van der Waals surface area contributed by atoms with Crippen LogP contribution in [0.3, 0.4) is 0 Å². The molecule has 13 nitrogen and oxygen atoms in total. The Balaban J connectivity index is -0.000000188. The van der Waals surface area contributed by atoms with Crippen molar-refractivity contribution in [1.82, 2.24) is 0 Å². The van der Waals surface area contributed by atoms with Crippen LogP contribution in [0.5, 0.6) is 0 Å². The Hall–Kier alpha value is -3.65. The molecule has 1 saturated carbocycles. The zero-order valence-electron chi connectivity index (χ0n) is 18.5. The number of aliphatic hydroxyl groups is 4. The fourth-order valence-electron chi connectivity index (χ4n) is 2.20. The third-order valence-electron chi connectivity index (χ3n) is 4.22. The maximum atomic E-state index is 11.5. The first-order valence-electron chi connectivity index (χ1n) is 9.09. The number of aliphatic hydroxyl groups excluding tert-OH is 4. The van der Waals surface area contributed by atoms with Gasteiger partial charge in [-0.25, -0.2) is 19.2 Å². The summed E-state index contributed by atoms with van der Waals surface area (Å²) in [6.07, 6.45) is 3.82. The molecule has 0 aromatic heterocycles. The summed E-state index contributed by atoms with van der Waals surface area (Å²) < 4.78 is 0. The normalized spacial score (nSPS) is 13.7. The minimum Gasteiger partial charge on any atom is -0.478 e. The van der Waals surface area contributed by atoms with E-state index in [4.69, 9.17) is 20.4 Å².